The molecule has 1 aliphatic rings. The van der Waals surface area contributed by atoms with E-state index in [1.54, 1.807) is 6.07 Å². The molecule has 2 N–H and O–H groups in total. The lowest BCUT2D eigenvalue weighted by molar-refractivity contribution is 0.0846. The van der Waals surface area contributed by atoms with Gasteiger partial charge in [-0.25, -0.2) is 8.42 Å². The number of nitrogens with zero attached hydrogens (tertiary/aromatic N) is 2. The third kappa shape index (κ3) is 4.52. The fourth-order valence-electron chi connectivity index (χ4n) is 2.65. The topological polar surface area (TPSA) is 108 Å². The molecule has 1 aromatic heterocycles. The van der Waals surface area contributed by atoms with E-state index in [4.69, 9.17) is 0 Å². The Labute approximate surface area is 165 Å². The van der Waals surface area contributed by atoms with Gasteiger partial charge in [-0.2, -0.15) is 4.31 Å². The Hall–Kier alpha value is -2.30. The van der Waals surface area contributed by atoms with Crippen molar-refractivity contribution in [2.24, 2.45) is 0 Å². The number of pyridine rings is 1. The number of carbonyl (C=O) groups is 2. The van der Waals surface area contributed by atoms with Crippen molar-refractivity contribution >= 4 is 37.8 Å². The number of amides is 2. The number of hydrazine groups is 1. The highest BCUT2D eigenvalue weighted by atomic mass is 79.9. The SMILES string of the molecule is O=C(NNC(=O)c1cncc(Br)c1)c1ccc(S(=O)(=O)N2CCCC2)cc1. The van der Waals surface area contributed by atoms with E-state index in [0.717, 1.165) is 12.8 Å². The Bertz CT molecular complexity index is 957. The molecular weight excluding hydrogens is 436 g/mol. The number of hydrogen-bond donors (Lipinski definition) is 2. The largest absolute Gasteiger partial charge is 0.271 e. The van der Waals surface area contributed by atoms with Crippen LogP contribution in [0, 0.1) is 0 Å². The minimum Gasteiger partial charge on any atom is -0.267 e. The third-order valence-corrected chi connectivity index (χ3v) is 6.42. The Morgan fingerprint density at radius 1 is 0.963 bits per heavy atom. The predicted molar refractivity (Wildman–Crippen MR) is 101 cm³/mol. The van der Waals surface area contributed by atoms with Crippen molar-refractivity contribution in [3.05, 3.63) is 58.3 Å². The molecule has 2 amide bonds. The maximum Gasteiger partial charge on any atom is 0.271 e. The molecule has 3 rings (SSSR count). The molecule has 0 saturated carbocycles. The highest BCUT2D eigenvalue weighted by Gasteiger charge is 2.27. The highest BCUT2D eigenvalue weighted by Crippen LogP contribution is 2.21. The molecule has 1 saturated heterocycles. The fourth-order valence-corrected chi connectivity index (χ4v) is 4.53. The van der Waals surface area contributed by atoms with Crippen LogP contribution in [-0.4, -0.2) is 42.6 Å². The summed E-state index contributed by atoms with van der Waals surface area (Å²) in [6.45, 7) is 1.03. The van der Waals surface area contributed by atoms with Gasteiger partial charge in [0.05, 0.1) is 10.5 Å². The van der Waals surface area contributed by atoms with Gasteiger partial charge in [-0.15, -0.1) is 0 Å². The zero-order chi connectivity index (χ0) is 19.4. The number of sulfonamides is 1. The lowest BCUT2D eigenvalue weighted by atomic mass is 10.2. The first-order valence-corrected chi connectivity index (χ1v) is 10.4. The van der Waals surface area contributed by atoms with Crippen LogP contribution in [0.15, 0.2) is 52.1 Å². The van der Waals surface area contributed by atoms with Gasteiger partial charge in [0, 0.05) is 35.5 Å². The standard InChI is InChI=1S/C17H17BrN4O4S/c18-14-9-13(10-19-11-14)17(24)21-20-16(23)12-3-5-15(6-4-12)27(25,26)22-7-1-2-8-22/h3-6,9-11H,1-2,7-8H2,(H,20,23)(H,21,24). The van der Waals surface area contributed by atoms with E-state index < -0.39 is 21.8 Å². The van der Waals surface area contributed by atoms with Gasteiger partial charge in [-0.3, -0.25) is 25.4 Å². The van der Waals surface area contributed by atoms with Crippen molar-refractivity contribution in [3.8, 4) is 0 Å². The van der Waals surface area contributed by atoms with Crippen LogP contribution in [0.1, 0.15) is 33.6 Å². The number of nitrogens with one attached hydrogen (secondary N) is 2. The van der Waals surface area contributed by atoms with E-state index in [1.165, 1.54) is 41.0 Å². The number of carbonyl (C=O) groups excluding carboxylic acids is 2. The van der Waals surface area contributed by atoms with Gasteiger partial charge in [-0.05, 0) is 59.1 Å². The number of hydrogen-bond acceptors (Lipinski definition) is 5. The molecule has 10 heteroatoms. The Morgan fingerprint density at radius 3 is 2.15 bits per heavy atom. The molecule has 0 bridgehead atoms. The summed E-state index contributed by atoms with van der Waals surface area (Å²) in [6.07, 6.45) is 4.61. The molecular formula is C17H17BrN4O4S. The van der Waals surface area contributed by atoms with E-state index in [2.05, 4.69) is 31.8 Å². The van der Waals surface area contributed by atoms with E-state index in [0.29, 0.717) is 17.6 Å². The highest BCUT2D eigenvalue weighted by molar-refractivity contribution is 9.10. The Kier molecular flexibility index (Phi) is 5.88. The van der Waals surface area contributed by atoms with E-state index in [-0.39, 0.29) is 16.0 Å². The molecule has 2 aromatic rings. The second-order valence-corrected chi connectivity index (χ2v) is 8.79. The first-order chi connectivity index (χ1) is 12.9. The molecule has 0 radical (unpaired) electrons. The van der Waals surface area contributed by atoms with Crippen LogP contribution in [0.25, 0.3) is 0 Å². The van der Waals surface area contributed by atoms with Crippen molar-refractivity contribution in [2.45, 2.75) is 17.7 Å². The van der Waals surface area contributed by atoms with Crippen LogP contribution in [0.5, 0.6) is 0 Å². The van der Waals surface area contributed by atoms with Gasteiger partial charge in [0.1, 0.15) is 0 Å². The molecule has 27 heavy (non-hydrogen) atoms. The number of rotatable bonds is 4. The first kappa shape index (κ1) is 19.5. The fraction of sp³-hybridized carbons (Fsp3) is 0.235. The average molecular weight is 453 g/mol. The second kappa shape index (κ2) is 8.15. The van der Waals surface area contributed by atoms with Crippen LogP contribution in [-0.2, 0) is 10.0 Å². The van der Waals surface area contributed by atoms with Gasteiger partial charge >= 0.3 is 0 Å². The second-order valence-electron chi connectivity index (χ2n) is 5.94. The molecule has 0 aliphatic carbocycles. The maximum atomic E-state index is 12.5. The van der Waals surface area contributed by atoms with E-state index in [9.17, 15) is 18.0 Å². The van der Waals surface area contributed by atoms with Gasteiger partial charge in [-0.1, -0.05) is 0 Å². The Morgan fingerprint density at radius 2 is 1.56 bits per heavy atom. The lowest BCUT2D eigenvalue weighted by Crippen LogP contribution is -2.41. The summed E-state index contributed by atoms with van der Waals surface area (Å²) < 4.78 is 27.0. The van der Waals surface area contributed by atoms with Crippen molar-refractivity contribution in [3.63, 3.8) is 0 Å². The quantitative estimate of drug-likeness (QED) is 0.686. The van der Waals surface area contributed by atoms with E-state index in [1.807, 2.05) is 0 Å². The van der Waals surface area contributed by atoms with E-state index >= 15 is 0 Å². The van der Waals surface area contributed by atoms with Gasteiger partial charge in [0.15, 0.2) is 0 Å². The minimum atomic E-state index is -3.53. The Balaban J connectivity index is 1.63. The maximum absolute atomic E-state index is 12.5. The van der Waals surface area contributed by atoms with Gasteiger partial charge in [0.2, 0.25) is 10.0 Å². The normalized spacial score (nSPS) is 14.7. The molecule has 0 unspecified atom stereocenters. The zero-order valence-corrected chi connectivity index (χ0v) is 16.6. The average Bonchev–Trinajstić information content (AvgIpc) is 3.21. The molecule has 8 nitrogen and oxygen atoms in total. The summed E-state index contributed by atoms with van der Waals surface area (Å²) >= 11 is 3.21. The lowest BCUT2D eigenvalue weighted by Gasteiger charge is -2.15. The summed E-state index contributed by atoms with van der Waals surface area (Å²) in [6, 6.07) is 7.16. The summed E-state index contributed by atoms with van der Waals surface area (Å²) in [7, 11) is -3.53. The van der Waals surface area contributed by atoms with Crippen molar-refractivity contribution in [1.82, 2.24) is 20.1 Å². The van der Waals surface area contributed by atoms with Crippen LogP contribution in [0.4, 0.5) is 0 Å². The predicted octanol–water partition coefficient (Wildman–Crippen LogP) is 1.70. The summed E-state index contributed by atoms with van der Waals surface area (Å²) in [5, 5.41) is 0. The number of aromatic nitrogens is 1. The molecule has 1 aliphatic heterocycles. The smallest absolute Gasteiger partial charge is 0.267 e. The summed E-state index contributed by atoms with van der Waals surface area (Å²) in [5.74, 6) is -1.08. The molecule has 0 spiro atoms. The molecule has 142 valence electrons. The van der Waals surface area contributed by atoms with Crippen molar-refractivity contribution in [2.75, 3.05) is 13.1 Å². The van der Waals surface area contributed by atoms with Gasteiger partial charge < -0.3 is 0 Å². The summed E-state index contributed by atoms with van der Waals surface area (Å²) in [5.41, 5.74) is 5.08. The van der Waals surface area contributed by atoms with Crippen molar-refractivity contribution < 1.29 is 18.0 Å². The van der Waals surface area contributed by atoms with Gasteiger partial charge in [0.25, 0.3) is 11.8 Å². The third-order valence-electron chi connectivity index (χ3n) is 4.08. The van der Waals surface area contributed by atoms with Crippen LogP contribution >= 0.6 is 15.9 Å². The van der Waals surface area contributed by atoms with Crippen molar-refractivity contribution in [1.29, 1.82) is 0 Å². The molecule has 1 fully saturated rings. The monoisotopic (exact) mass is 452 g/mol. The number of halogens is 1. The van der Waals surface area contributed by atoms with Crippen LogP contribution in [0.3, 0.4) is 0 Å². The summed E-state index contributed by atoms with van der Waals surface area (Å²) in [4.78, 5) is 28.2. The van der Waals surface area contributed by atoms with Crippen LogP contribution < -0.4 is 10.9 Å². The van der Waals surface area contributed by atoms with Crippen LogP contribution in [0.2, 0.25) is 0 Å². The minimum absolute atomic E-state index is 0.144. The molecule has 1 aromatic carbocycles. The number of benzene rings is 1. The molecule has 0 atom stereocenters. The first-order valence-electron chi connectivity index (χ1n) is 8.19. The zero-order valence-electron chi connectivity index (χ0n) is 14.2. The molecule has 2 heterocycles.